The molecule has 1 saturated heterocycles. The summed E-state index contributed by atoms with van der Waals surface area (Å²) in [4.78, 5) is 30.2. The Labute approximate surface area is 197 Å². The molecule has 2 amide bonds. The number of nitrogens with one attached hydrogen (secondary N) is 1. The number of benzene rings is 1. The van der Waals surface area contributed by atoms with Crippen LogP contribution in [0.15, 0.2) is 30.3 Å². The van der Waals surface area contributed by atoms with Gasteiger partial charge in [0, 0.05) is 25.2 Å². The Bertz CT molecular complexity index is 920. The number of likely N-dealkylation sites (tertiary alicyclic amines) is 1. The lowest BCUT2D eigenvalue weighted by Gasteiger charge is -2.66. The molecule has 3 N–H and O–H groups in total. The van der Waals surface area contributed by atoms with Gasteiger partial charge < -0.3 is 16.0 Å². The highest BCUT2D eigenvalue weighted by molar-refractivity contribution is 5.89. The van der Waals surface area contributed by atoms with Crippen LogP contribution in [0.1, 0.15) is 82.6 Å². The van der Waals surface area contributed by atoms with Gasteiger partial charge in [0.15, 0.2) is 0 Å². The number of nitrogens with two attached hydrogens (primary N) is 1. The van der Waals surface area contributed by atoms with Crippen molar-refractivity contribution in [2.24, 2.45) is 22.5 Å². The van der Waals surface area contributed by atoms with Gasteiger partial charge in [-0.1, -0.05) is 30.3 Å². The van der Waals surface area contributed by atoms with Crippen molar-refractivity contribution < 1.29 is 9.59 Å². The fourth-order valence-corrected chi connectivity index (χ4v) is 8.90. The van der Waals surface area contributed by atoms with E-state index in [-0.39, 0.29) is 28.8 Å². The number of carbonyl (C=O) groups is 2. The lowest BCUT2D eigenvalue weighted by atomic mass is 9.38. The fraction of sp³-hybridized carbons (Fsp3) is 0.714. The maximum atomic E-state index is 14.0. The first-order valence-corrected chi connectivity index (χ1v) is 13.3. The highest BCUT2D eigenvalue weighted by atomic mass is 16.2. The molecule has 0 spiro atoms. The first-order chi connectivity index (χ1) is 15.9. The Kier molecular flexibility index (Phi) is 5.13. The zero-order chi connectivity index (χ0) is 22.7. The van der Waals surface area contributed by atoms with Crippen molar-refractivity contribution in [3.63, 3.8) is 0 Å². The molecule has 6 fully saturated rings. The van der Waals surface area contributed by atoms with Gasteiger partial charge in [0.05, 0.1) is 10.8 Å². The molecular formula is C28H39N3O2. The summed E-state index contributed by atoms with van der Waals surface area (Å²) >= 11 is 0. The van der Waals surface area contributed by atoms with Gasteiger partial charge in [-0.3, -0.25) is 9.59 Å². The quantitative estimate of drug-likeness (QED) is 0.732. The lowest BCUT2D eigenvalue weighted by Crippen LogP contribution is -2.66. The van der Waals surface area contributed by atoms with Crippen molar-refractivity contribution >= 4 is 11.8 Å². The van der Waals surface area contributed by atoms with Crippen molar-refractivity contribution in [2.45, 2.75) is 94.5 Å². The Morgan fingerprint density at radius 2 is 1.55 bits per heavy atom. The second kappa shape index (κ2) is 7.83. The molecule has 1 aromatic carbocycles. The third-order valence-electron chi connectivity index (χ3n) is 9.89. The predicted octanol–water partition coefficient (Wildman–Crippen LogP) is 3.90. The minimum Gasteiger partial charge on any atom is -0.353 e. The van der Waals surface area contributed by atoms with Crippen LogP contribution in [0.3, 0.4) is 0 Å². The van der Waals surface area contributed by atoms with Gasteiger partial charge in [0.2, 0.25) is 11.8 Å². The molecule has 5 aliphatic carbocycles. The van der Waals surface area contributed by atoms with Crippen molar-refractivity contribution in [1.29, 1.82) is 0 Å². The van der Waals surface area contributed by atoms with Gasteiger partial charge in [0.1, 0.15) is 0 Å². The number of amides is 2. The van der Waals surface area contributed by atoms with Crippen LogP contribution in [-0.2, 0) is 15.0 Å². The highest BCUT2D eigenvalue weighted by Crippen LogP contribution is 2.70. The molecule has 1 aliphatic heterocycles. The molecule has 0 aromatic heterocycles. The summed E-state index contributed by atoms with van der Waals surface area (Å²) in [6.07, 6.45) is 11.8. The van der Waals surface area contributed by atoms with Crippen molar-refractivity contribution in [3.05, 3.63) is 35.9 Å². The van der Waals surface area contributed by atoms with Crippen LogP contribution < -0.4 is 11.1 Å². The fourth-order valence-electron chi connectivity index (χ4n) is 8.90. The summed E-state index contributed by atoms with van der Waals surface area (Å²) in [7, 11) is 0. The van der Waals surface area contributed by atoms with Gasteiger partial charge >= 0.3 is 0 Å². The van der Waals surface area contributed by atoms with E-state index in [2.05, 4.69) is 40.5 Å². The monoisotopic (exact) mass is 449 g/mol. The molecule has 6 aliphatic rings. The summed E-state index contributed by atoms with van der Waals surface area (Å²) in [5.41, 5.74) is 6.62. The zero-order valence-corrected chi connectivity index (χ0v) is 19.9. The standard InChI is InChI=1S/C28H39N3O2/c29-22-8-10-23(11-9-22)30-24(32)27-15-20-14-26(17-27,21-6-2-1-3-7-21)18-28(16-20,19-27)25(33)31-12-4-5-13-31/h1-3,6-7,20,22-23H,4-5,8-19,29H2,(H,30,32)/t20?,22-,23-,26?,27?,28?. The minimum atomic E-state index is -0.412. The van der Waals surface area contributed by atoms with Crippen molar-refractivity contribution in [3.8, 4) is 0 Å². The molecule has 0 radical (unpaired) electrons. The SMILES string of the molecule is N[C@H]1CC[C@H](NC(=O)C23CC4CC(C(=O)N5CCCC5)(C2)CC(c2ccccc2)(C4)C3)CC1. The van der Waals surface area contributed by atoms with Gasteiger partial charge in [-0.15, -0.1) is 0 Å². The van der Waals surface area contributed by atoms with Crippen LogP contribution in [0.4, 0.5) is 0 Å². The summed E-state index contributed by atoms with van der Waals surface area (Å²) in [5.74, 6) is 1.04. The van der Waals surface area contributed by atoms with Gasteiger partial charge in [-0.25, -0.2) is 0 Å². The van der Waals surface area contributed by atoms with Crippen LogP contribution in [0.25, 0.3) is 0 Å². The summed E-state index contributed by atoms with van der Waals surface area (Å²) in [6.45, 7) is 1.79. The van der Waals surface area contributed by atoms with Crippen LogP contribution in [0, 0.1) is 16.7 Å². The molecule has 4 atom stereocenters. The highest BCUT2D eigenvalue weighted by Gasteiger charge is 2.68. The summed E-state index contributed by atoms with van der Waals surface area (Å²) < 4.78 is 0. The smallest absolute Gasteiger partial charge is 0.228 e. The number of hydrogen-bond acceptors (Lipinski definition) is 3. The van der Waals surface area contributed by atoms with Crippen LogP contribution in [0.2, 0.25) is 0 Å². The maximum absolute atomic E-state index is 14.0. The Hall–Kier alpha value is -1.88. The molecule has 33 heavy (non-hydrogen) atoms. The molecule has 5 nitrogen and oxygen atoms in total. The summed E-state index contributed by atoms with van der Waals surface area (Å²) in [6, 6.07) is 11.3. The second-order valence-corrected chi connectivity index (χ2v) is 12.3. The molecule has 1 aromatic rings. The molecule has 5 saturated carbocycles. The van der Waals surface area contributed by atoms with E-state index < -0.39 is 5.41 Å². The maximum Gasteiger partial charge on any atom is 0.228 e. The van der Waals surface area contributed by atoms with E-state index >= 15 is 0 Å². The third-order valence-corrected chi connectivity index (χ3v) is 9.89. The Morgan fingerprint density at radius 3 is 2.27 bits per heavy atom. The molecule has 5 heteroatoms. The van der Waals surface area contributed by atoms with E-state index in [1.807, 2.05) is 0 Å². The zero-order valence-electron chi connectivity index (χ0n) is 19.9. The van der Waals surface area contributed by atoms with Crippen LogP contribution in [-0.4, -0.2) is 41.9 Å². The first-order valence-electron chi connectivity index (χ1n) is 13.3. The third kappa shape index (κ3) is 3.53. The number of rotatable bonds is 4. The number of hydrogen-bond donors (Lipinski definition) is 2. The molecule has 7 rings (SSSR count). The largest absolute Gasteiger partial charge is 0.353 e. The normalized spacial score (nSPS) is 41.8. The topological polar surface area (TPSA) is 75.4 Å². The number of nitrogens with zero attached hydrogens (tertiary/aromatic N) is 1. The number of carbonyl (C=O) groups excluding carboxylic acids is 2. The minimum absolute atomic E-state index is 0.0533. The van der Waals surface area contributed by atoms with E-state index in [9.17, 15) is 9.59 Å². The van der Waals surface area contributed by atoms with Crippen LogP contribution in [0.5, 0.6) is 0 Å². The lowest BCUT2D eigenvalue weighted by molar-refractivity contribution is -0.178. The Morgan fingerprint density at radius 1 is 0.879 bits per heavy atom. The van der Waals surface area contributed by atoms with Crippen molar-refractivity contribution in [1.82, 2.24) is 10.2 Å². The Balaban J connectivity index is 1.35. The van der Waals surface area contributed by atoms with E-state index in [0.717, 1.165) is 90.1 Å². The van der Waals surface area contributed by atoms with E-state index in [1.54, 1.807) is 0 Å². The molecule has 1 heterocycles. The second-order valence-electron chi connectivity index (χ2n) is 12.3. The van der Waals surface area contributed by atoms with E-state index in [1.165, 1.54) is 5.56 Å². The van der Waals surface area contributed by atoms with Crippen molar-refractivity contribution in [2.75, 3.05) is 13.1 Å². The average molecular weight is 450 g/mol. The average Bonchev–Trinajstić information content (AvgIpc) is 3.35. The predicted molar refractivity (Wildman–Crippen MR) is 128 cm³/mol. The molecule has 4 bridgehead atoms. The molecular weight excluding hydrogens is 410 g/mol. The van der Waals surface area contributed by atoms with Gasteiger partial charge in [-0.05, 0) is 93.9 Å². The van der Waals surface area contributed by atoms with Crippen LogP contribution >= 0.6 is 0 Å². The van der Waals surface area contributed by atoms with E-state index in [4.69, 9.17) is 5.73 Å². The summed E-state index contributed by atoms with van der Waals surface area (Å²) in [5, 5.41) is 3.47. The van der Waals surface area contributed by atoms with Gasteiger partial charge in [-0.2, -0.15) is 0 Å². The first kappa shape index (κ1) is 21.6. The molecule has 4 unspecified atom stereocenters. The van der Waals surface area contributed by atoms with E-state index in [0.29, 0.717) is 11.8 Å². The van der Waals surface area contributed by atoms with Gasteiger partial charge in [0.25, 0.3) is 0 Å². The molecule has 178 valence electrons.